The molecule has 1 amide bonds. The molecule has 0 unspecified atom stereocenters. The van der Waals surface area contributed by atoms with Crippen LogP contribution in [0.25, 0.3) is 22.5 Å². The second-order valence-corrected chi connectivity index (χ2v) is 6.49. The number of carbonyl (C=O) groups is 1. The minimum Gasteiger partial charge on any atom is -0.508 e. The van der Waals surface area contributed by atoms with Crippen molar-refractivity contribution in [2.24, 2.45) is 5.73 Å². The first kappa shape index (κ1) is 20.1. The first-order chi connectivity index (χ1) is 13.5. The summed E-state index contributed by atoms with van der Waals surface area (Å²) >= 11 is 0. The number of rotatable bonds is 3. The van der Waals surface area contributed by atoms with Crippen molar-refractivity contribution < 1.29 is 23.1 Å². The Morgan fingerprint density at radius 2 is 1.76 bits per heavy atom. The van der Waals surface area contributed by atoms with Crippen LogP contribution in [-0.2, 0) is 6.18 Å². The number of pyridine rings is 2. The fourth-order valence-corrected chi connectivity index (χ4v) is 3.07. The number of nitrogens with two attached hydrogens (primary N) is 2. The molecule has 2 heterocycles. The summed E-state index contributed by atoms with van der Waals surface area (Å²) in [5.41, 5.74) is 12.0. The van der Waals surface area contributed by atoms with Gasteiger partial charge in [0.1, 0.15) is 11.4 Å². The first-order valence-electron chi connectivity index (χ1n) is 8.45. The summed E-state index contributed by atoms with van der Waals surface area (Å²) in [6.45, 7) is 3.43. The Labute approximate surface area is 164 Å². The summed E-state index contributed by atoms with van der Waals surface area (Å²) < 4.78 is 39.1. The van der Waals surface area contributed by atoms with Gasteiger partial charge in [0.2, 0.25) is 0 Å². The molecule has 29 heavy (non-hydrogen) atoms. The van der Waals surface area contributed by atoms with Gasteiger partial charge in [-0.05, 0) is 54.8 Å². The topological polar surface area (TPSA) is 115 Å². The van der Waals surface area contributed by atoms with E-state index in [-0.39, 0.29) is 28.5 Å². The van der Waals surface area contributed by atoms with Gasteiger partial charge in [-0.1, -0.05) is 12.1 Å². The van der Waals surface area contributed by atoms with E-state index in [2.05, 4.69) is 9.97 Å². The van der Waals surface area contributed by atoms with Gasteiger partial charge in [-0.2, -0.15) is 13.2 Å². The molecule has 0 saturated carbocycles. The maximum Gasteiger partial charge on any atom is 0.433 e. The number of hydrogen-bond acceptors (Lipinski definition) is 5. The Kier molecular flexibility index (Phi) is 4.91. The number of nitrogens with zero attached hydrogens (tertiary/aromatic N) is 2. The van der Waals surface area contributed by atoms with E-state index in [9.17, 15) is 23.1 Å². The second kappa shape index (κ2) is 7.08. The minimum atomic E-state index is -4.64. The molecule has 0 aliphatic carbocycles. The minimum absolute atomic E-state index is 0.00109. The molecule has 0 saturated heterocycles. The Hall–Kier alpha value is -3.62. The van der Waals surface area contributed by atoms with Gasteiger partial charge in [-0.3, -0.25) is 4.79 Å². The van der Waals surface area contributed by atoms with Gasteiger partial charge in [-0.25, -0.2) is 9.97 Å². The molecule has 0 radical (unpaired) electrons. The molecule has 0 aliphatic rings. The third kappa shape index (κ3) is 3.71. The highest BCUT2D eigenvalue weighted by atomic mass is 19.4. The number of aryl methyl sites for hydroxylation is 1. The van der Waals surface area contributed by atoms with Gasteiger partial charge in [0.15, 0.2) is 5.69 Å². The predicted octanol–water partition coefficient (Wildman–Crippen LogP) is 3.83. The lowest BCUT2D eigenvalue weighted by Crippen LogP contribution is -2.17. The maximum absolute atomic E-state index is 13.0. The summed E-state index contributed by atoms with van der Waals surface area (Å²) in [7, 11) is 0. The van der Waals surface area contributed by atoms with Gasteiger partial charge in [0.25, 0.3) is 5.91 Å². The van der Waals surface area contributed by atoms with Gasteiger partial charge in [0, 0.05) is 5.56 Å². The average Bonchev–Trinajstić information content (AvgIpc) is 2.65. The lowest BCUT2D eigenvalue weighted by atomic mass is 9.92. The zero-order chi connectivity index (χ0) is 21.5. The van der Waals surface area contributed by atoms with Crippen LogP contribution in [0, 0.1) is 13.8 Å². The molecule has 9 heteroatoms. The average molecular weight is 402 g/mol. The van der Waals surface area contributed by atoms with Gasteiger partial charge in [0.05, 0.1) is 17.1 Å². The zero-order valence-electron chi connectivity index (χ0n) is 15.5. The number of phenols is 1. The fraction of sp³-hybridized carbons (Fsp3) is 0.150. The maximum atomic E-state index is 13.0. The number of nitrogen functional groups attached to an aromatic ring is 1. The molecule has 6 nitrogen and oxygen atoms in total. The van der Waals surface area contributed by atoms with Crippen molar-refractivity contribution in [1.82, 2.24) is 9.97 Å². The zero-order valence-corrected chi connectivity index (χ0v) is 15.5. The molecule has 0 bridgehead atoms. The van der Waals surface area contributed by atoms with Crippen molar-refractivity contribution in [2.75, 3.05) is 5.73 Å². The molecule has 3 rings (SSSR count). The third-order valence-corrected chi connectivity index (χ3v) is 4.51. The molecule has 0 spiro atoms. The van der Waals surface area contributed by atoms with Gasteiger partial charge < -0.3 is 16.6 Å². The van der Waals surface area contributed by atoms with Crippen molar-refractivity contribution in [1.29, 1.82) is 0 Å². The molecular formula is C20H17F3N4O2. The number of hydrogen-bond donors (Lipinski definition) is 3. The largest absolute Gasteiger partial charge is 0.508 e. The number of amides is 1. The number of aromatic nitrogens is 2. The number of phenolic OH excluding ortho intramolecular Hbond substituents is 1. The molecule has 150 valence electrons. The molecular weight excluding hydrogens is 385 g/mol. The normalized spacial score (nSPS) is 11.5. The van der Waals surface area contributed by atoms with E-state index in [1.54, 1.807) is 19.9 Å². The molecule has 0 fully saturated rings. The number of alkyl halides is 3. The summed E-state index contributed by atoms with van der Waals surface area (Å²) in [4.78, 5) is 19.5. The Bertz CT molecular complexity index is 1130. The molecule has 0 atom stereocenters. The summed E-state index contributed by atoms with van der Waals surface area (Å²) in [5, 5.41) is 10.1. The van der Waals surface area contributed by atoms with Gasteiger partial charge >= 0.3 is 6.18 Å². The number of aromatic hydroxyl groups is 1. The number of carbonyl (C=O) groups excluding carboxylic acids is 1. The summed E-state index contributed by atoms with van der Waals surface area (Å²) in [5.74, 6) is -0.936. The molecule has 5 N–H and O–H groups in total. The van der Waals surface area contributed by atoms with E-state index in [0.717, 1.165) is 11.6 Å². The Morgan fingerprint density at radius 1 is 1.07 bits per heavy atom. The van der Waals surface area contributed by atoms with Crippen LogP contribution in [0.4, 0.5) is 18.9 Å². The fourth-order valence-electron chi connectivity index (χ4n) is 3.07. The van der Waals surface area contributed by atoms with Crippen LogP contribution in [0.15, 0.2) is 36.4 Å². The highest BCUT2D eigenvalue weighted by Gasteiger charge is 2.32. The van der Waals surface area contributed by atoms with Crippen molar-refractivity contribution in [3.8, 4) is 28.3 Å². The van der Waals surface area contributed by atoms with E-state index in [4.69, 9.17) is 11.5 Å². The van der Waals surface area contributed by atoms with Crippen LogP contribution in [0.3, 0.4) is 0 Å². The lowest BCUT2D eigenvalue weighted by Gasteiger charge is -2.17. The van der Waals surface area contributed by atoms with Crippen LogP contribution in [0.5, 0.6) is 5.75 Å². The van der Waals surface area contributed by atoms with Crippen LogP contribution in [0.1, 0.15) is 27.3 Å². The highest BCUT2D eigenvalue weighted by molar-refractivity contribution is 6.01. The first-order valence-corrected chi connectivity index (χ1v) is 8.45. The third-order valence-electron chi connectivity index (χ3n) is 4.51. The monoisotopic (exact) mass is 402 g/mol. The Morgan fingerprint density at radius 3 is 2.38 bits per heavy atom. The SMILES string of the molecule is Cc1ccc(O)c(C)c1-c1cc(-c2cccc(C(F)(F)F)n2)nc(C(N)=O)c1N. The number of anilines is 1. The van der Waals surface area contributed by atoms with E-state index >= 15 is 0 Å². The molecule has 3 aromatic rings. The molecule has 1 aromatic carbocycles. The van der Waals surface area contributed by atoms with Gasteiger partial charge in [-0.15, -0.1) is 0 Å². The van der Waals surface area contributed by atoms with Crippen molar-refractivity contribution in [2.45, 2.75) is 20.0 Å². The number of halogens is 3. The van der Waals surface area contributed by atoms with Crippen molar-refractivity contribution >= 4 is 11.6 Å². The van der Waals surface area contributed by atoms with Crippen LogP contribution in [-0.4, -0.2) is 21.0 Å². The van der Waals surface area contributed by atoms with E-state index in [1.165, 1.54) is 24.3 Å². The van der Waals surface area contributed by atoms with Crippen LogP contribution in [0.2, 0.25) is 0 Å². The second-order valence-electron chi connectivity index (χ2n) is 6.49. The van der Waals surface area contributed by atoms with E-state index in [1.807, 2.05) is 0 Å². The standard InChI is InChI=1S/C20H17F3N4O2/c1-9-6-7-14(28)10(2)16(9)11-8-13(27-18(17(11)24)19(25)29)12-4-3-5-15(26-12)20(21,22)23/h3-8,28H,24H2,1-2H3,(H2,25,29). The summed E-state index contributed by atoms with van der Waals surface area (Å²) in [6, 6.07) is 7.96. The van der Waals surface area contributed by atoms with Crippen molar-refractivity contribution in [3.05, 3.63) is 58.9 Å². The number of benzene rings is 1. The van der Waals surface area contributed by atoms with Crippen LogP contribution >= 0.6 is 0 Å². The predicted molar refractivity (Wildman–Crippen MR) is 102 cm³/mol. The summed E-state index contributed by atoms with van der Waals surface area (Å²) in [6.07, 6.45) is -4.64. The molecule has 2 aromatic heterocycles. The quantitative estimate of drug-likeness (QED) is 0.616. The molecule has 0 aliphatic heterocycles. The number of primary amides is 1. The smallest absolute Gasteiger partial charge is 0.433 e. The van der Waals surface area contributed by atoms with Crippen molar-refractivity contribution in [3.63, 3.8) is 0 Å². The van der Waals surface area contributed by atoms with E-state index < -0.39 is 17.8 Å². The highest BCUT2D eigenvalue weighted by Crippen LogP contribution is 2.38. The lowest BCUT2D eigenvalue weighted by molar-refractivity contribution is -0.141. The van der Waals surface area contributed by atoms with Crippen LogP contribution < -0.4 is 11.5 Å². The van der Waals surface area contributed by atoms with E-state index in [0.29, 0.717) is 16.7 Å². The Balaban J connectivity index is 2.33.